The fourth-order valence-electron chi connectivity index (χ4n) is 1.71. The van der Waals surface area contributed by atoms with Gasteiger partial charge in [0.2, 0.25) is 0 Å². The summed E-state index contributed by atoms with van der Waals surface area (Å²) in [5, 5.41) is 9.74. The first-order chi connectivity index (χ1) is 9.54. The Morgan fingerprint density at radius 1 is 1.35 bits per heavy atom. The number of rotatable bonds is 9. The minimum Gasteiger partial charge on any atom is -0.490 e. The number of benzene rings is 1. The van der Waals surface area contributed by atoms with E-state index in [2.05, 4.69) is 6.92 Å². The number of unbranched alkanes of at least 4 members (excludes halogenated alkanes) is 1. The Morgan fingerprint density at radius 2 is 2.10 bits per heavy atom. The topological polar surface area (TPSA) is 64.7 Å². The molecule has 0 aromatic heterocycles. The van der Waals surface area contributed by atoms with E-state index >= 15 is 0 Å². The van der Waals surface area contributed by atoms with Gasteiger partial charge in [0.25, 0.3) is 0 Å². The van der Waals surface area contributed by atoms with E-state index in [0.29, 0.717) is 17.9 Å². The summed E-state index contributed by atoms with van der Waals surface area (Å²) < 4.78 is 24.0. The smallest absolute Gasteiger partial charge is 0.124 e. The van der Waals surface area contributed by atoms with E-state index in [0.717, 1.165) is 12.8 Å². The Bertz CT molecular complexity index is 399. The van der Waals surface area contributed by atoms with Gasteiger partial charge in [0.05, 0.1) is 6.61 Å². The molecule has 0 bridgehead atoms. The molecular formula is C15H24FNO3. The Balaban J connectivity index is 2.44. The summed E-state index contributed by atoms with van der Waals surface area (Å²) in [6, 6.07) is 3.85. The Labute approximate surface area is 119 Å². The fraction of sp³-hybridized carbons (Fsp3) is 0.600. The summed E-state index contributed by atoms with van der Waals surface area (Å²) in [6.45, 7) is 4.79. The highest BCUT2D eigenvalue weighted by Gasteiger charge is 2.12. The third-order valence-corrected chi connectivity index (χ3v) is 2.85. The molecule has 1 aromatic rings. The fourth-order valence-corrected chi connectivity index (χ4v) is 1.71. The van der Waals surface area contributed by atoms with Crippen molar-refractivity contribution in [3.8, 4) is 5.75 Å². The molecule has 2 atom stereocenters. The molecule has 20 heavy (non-hydrogen) atoms. The lowest BCUT2D eigenvalue weighted by Crippen LogP contribution is -2.24. The number of hydrogen-bond acceptors (Lipinski definition) is 4. The van der Waals surface area contributed by atoms with Crippen molar-refractivity contribution in [2.75, 3.05) is 19.8 Å². The summed E-state index contributed by atoms with van der Waals surface area (Å²) in [5.41, 5.74) is 6.36. The molecular weight excluding hydrogens is 261 g/mol. The first-order valence-electron chi connectivity index (χ1n) is 6.98. The predicted octanol–water partition coefficient (Wildman–Crippen LogP) is 2.40. The van der Waals surface area contributed by atoms with Gasteiger partial charge in [-0.25, -0.2) is 4.39 Å². The maximum Gasteiger partial charge on any atom is 0.124 e. The molecule has 0 spiro atoms. The van der Waals surface area contributed by atoms with Crippen molar-refractivity contribution in [1.29, 1.82) is 0 Å². The van der Waals surface area contributed by atoms with E-state index in [1.165, 1.54) is 18.2 Å². The largest absolute Gasteiger partial charge is 0.490 e. The lowest BCUT2D eigenvalue weighted by Gasteiger charge is -2.16. The molecule has 0 radical (unpaired) electrons. The van der Waals surface area contributed by atoms with Gasteiger partial charge in [-0.15, -0.1) is 0 Å². The lowest BCUT2D eigenvalue weighted by atomic mass is 10.1. The summed E-state index contributed by atoms with van der Waals surface area (Å²) in [7, 11) is 0. The highest BCUT2D eigenvalue weighted by atomic mass is 19.1. The average molecular weight is 285 g/mol. The third-order valence-electron chi connectivity index (χ3n) is 2.85. The van der Waals surface area contributed by atoms with Crippen LogP contribution in [0.25, 0.3) is 0 Å². The van der Waals surface area contributed by atoms with Crippen LogP contribution in [0.15, 0.2) is 18.2 Å². The van der Waals surface area contributed by atoms with E-state index in [1.54, 1.807) is 6.92 Å². The molecule has 1 unspecified atom stereocenters. The van der Waals surface area contributed by atoms with Crippen LogP contribution in [-0.2, 0) is 4.74 Å². The molecule has 114 valence electrons. The van der Waals surface area contributed by atoms with Crippen LogP contribution in [0.1, 0.15) is 38.3 Å². The number of aliphatic hydroxyl groups is 1. The minimum atomic E-state index is -0.710. The molecule has 0 heterocycles. The molecule has 1 aromatic carbocycles. The Morgan fingerprint density at radius 3 is 2.75 bits per heavy atom. The maximum atomic E-state index is 13.2. The second-order valence-corrected chi connectivity index (χ2v) is 4.86. The van der Waals surface area contributed by atoms with Crippen molar-refractivity contribution in [3.63, 3.8) is 0 Å². The molecule has 5 heteroatoms. The zero-order valence-corrected chi connectivity index (χ0v) is 12.1. The summed E-state index contributed by atoms with van der Waals surface area (Å²) in [4.78, 5) is 0. The molecule has 0 aliphatic rings. The summed E-state index contributed by atoms with van der Waals surface area (Å²) in [5.74, 6) is 0.141. The van der Waals surface area contributed by atoms with Crippen molar-refractivity contribution in [3.05, 3.63) is 29.6 Å². The first kappa shape index (κ1) is 16.9. The summed E-state index contributed by atoms with van der Waals surface area (Å²) in [6.07, 6.45) is 1.32. The molecule has 0 amide bonds. The van der Waals surface area contributed by atoms with Crippen molar-refractivity contribution < 1.29 is 19.0 Å². The van der Waals surface area contributed by atoms with Crippen LogP contribution in [-0.4, -0.2) is 31.0 Å². The average Bonchev–Trinajstić information content (AvgIpc) is 2.42. The van der Waals surface area contributed by atoms with Crippen LogP contribution < -0.4 is 10.5 Å². The molecule has 0 saturated heterocycles. The Hall–Kier alpha value is -1.17. The van der Waals surface area contributed by atoms with Crippen molar-refractivity contribution in [2.45, 2.75) is 38.8 Å². The quantitative estimate of drug-likeness (QED) is 0.684. The third kappa shape index (κ3) is 5.86. The predicted molar refractivity (Wildman–Crippen MR) is 76.2 cm³/mol. The van der Waals surface area contributed by atoms with E-state index in [1.807, 2.05) is 0 Å². The van der Waals surface area contributed by atoms with Crippen LogP contribution in [0.2, 0.25) is 0 Å². The zero-order chi connectivity index (χ0) is 15.0. The van der Waals surface area contributed by atoms with Crippen molar-refractivity contribution >= 4 is 0 Å². The van der Waals surface area contributed by atoms with E-state index in [-0.39, 0.29) is 25.1 Å². The molecule has 0 fully saturated rings. The molecule has 0 saturated carbocycles. The maximum absolute atomic E-state index is 13.2. The van der Waals surface area contributed by atoms with Crippen LogP contribution in [0, 0.1) is 5.82 Å². The highest BCUT2D eigenvalue weighted by molar-refractivity contribution is 5.36. The van der Waals surface area contributed by atoms with E-state index in [4.69, 9.17) is 15.2 Å². The minimum absolute atomic E-state index is 0.0947. The lowest BCUT2D eigenvalue weighted by molar-refractivity contribution is 0.0111. The van der Waals surface area contributed by atoms with Gasteiger partial charge >= 0.3 is 0 Å². The normalized spacial score (nSPS) is 14.1. The van der Waals surface area contributed by atoms with Gasteiger partial charge in [-0.3, -0.25) is 0 Å². The highest BCUT2D eigenvalue weighted by Crippen LogP contribution is 2.24. The van der Waals surface area contributed by atoms with Crippen LogP contribution in [0.3, 0.4) is 0 Å². The van der Waals surface area contributed by atoms with Crippen LogP contribution >= 0.6 is 0 Å². The Kier molecular flexibility index (Phi) is 7.51. The van der Waals surface area contributed by atoms with E-state index < -0.39 is 6.10 Å². The molecule has 0 aliphatic heterocycles. The van der Waals surface area contributed by atoms with E-state index in [9.17, 15) is 9.50 Å². The monoisotopic (exact) mass is 285 g/mol. The van der Waals surface area contributed by atoms with Gasteiger partial charge in [0.15, 0.2) is 0 Å². The van der Waals surface area contributed by atoms with Crippen molar-refractivity contribution in [2.24, 2.45) is 5.73 Å². The van der Waals surface area contributed by atoms with Gasteiger partial charge in [0.1, 0.15) is 24.3 Å². The number of nitrogens with two attached hydrogens (primary N) is 1. The summed E-state index contributed by atoms with van der Waals surface area (Å²) >= 11 is 0. The second kappa shape index (κ2) is 8.89. The van der Waals surface area contributed by atoms with Gasteiger partial charge in [0, 0.05) is 18.2 Å². The zero-order valence-electron chi connectivity index (χ0n) is 12.1. The number of halogens is 1. The van der Waals surface area contributed by atoms with Crippen LogP contribution in [0.4, 0.5) is 4.39 Å². The van der Waals surface area contributed by atoms with Gasteiger partial charge in [-0.05, 0) is 31.5 Å². The molecule has 0 aliphatic carbocycles. The number of hydrogen-bond donors (Lipinski definition) is 2. The second-order valence-electron chi connectivity index (χ2n) is 4.86. The molecule has 3 N–H and O–H groups in total. The van der Waals surface area contributed by atoms with Gasteiger partial charge < -0.3 is 20.3 Å². The standard InChI is InChI=1S/C15H24FNO3/c1-3-4-7-19-9-13(18)10-20-15-6-5-12(16)8-14(15)11(2)17/h5-6,8,11,13,18H,3-4,7,9-10,17H2,1-2H3/t11-,13?/m1/s1. The van der Waals surface area contributed by atoms with Gasteiger partial charge in [-0.1, -0.05) is 13.3 Å². The first-order valence-corrected chi connectivity index (χ1v) is 6.98. The number of ether oxygens (including phenoxy) is 2. The van der Waals surface area contributed by atoms with Crippen molar-refractivity contribution in [1.82, 2.24) is 0 Å². The van der Waals surface area contributed by atoms with Gasteiger partial charge in [-0.2, -0.15) is 0 Å². The molecule has 4 nitrogen and oxygen atoms in total. The SMILES string of the molecule is CCCCOCC(O)COc1ccc(F)cc1[C@@H](C)N. The number of aliphatic hydroxyl groups excluding tert-OH is 1. The van der Waals surface area contributed by atoms with Crippen LogP contribution in [0.5, 0.6) is 5.75 Å². The molecule has 1 rings (SSSR count).